The van der Waals surface area contributed by atoms with Crippen LogP contribution >= 0.6 is 0 Å². The van der Waals surface area contributed by atoms with E-state index in [1.807, 2.05) is 12.1 Å². The number of hydrogen-bond donors (Lipinski definition) is 0. The molecule has 0 aromatic carbocycles. The van der Waals surface area contributed by atoms with E-state index in [9.17, 15) is 13.2 Å². The Bertz CT molecular complexity index is 775. The number of rotatable bonds is 3. The van der Waals surface area contributed by atoms with Crippen molar-refractivity contribution in [2.24, 2.45) is 16.7 Å². The lowest BCUT2D eigenvalue weighted by Gasteiger charge is -2.37. The fraction of sp³-hybridized carbons (Fsp3) is 0.667. The Morgan fingerprint density at radius 3 is 2.88 bits per heavy atom. The van der Waals surface area contributed by atoms with Crippen LogP contribution in [0.3, 0.4) is 0 Å². The third kappa shape index (κ3) is 2.01. The number of aromatic nitrogens is 1. The minimum Gasteiger partial charge on any atom is -0.274 e. The van der Waals surface area contributed by atoms with Crippen LogP contribution in [0.25, 0.3) is 0 Å². The largest absolute Gasteiger partial charge is 0.274 e. The predicted molar refractivity (Wildman–Crippen MR) is 90.5 cm³/mol. The zero-order valence-electron chi connectivity index (χ0n) is 14.2. The zero-order valence-corrected chi connectivity index (χ0v) is 15.1. The first-order valence-electron chi connectivity index (χ1n) is 8.72. The van der Waals surface area contributed by atoms with Gasteiger partial charge in [0.1, 0.15) is 0 Å². The van der Waals surface area contributed by atoms with E-state index in [-0.39, 0.29) is 35.0 Å². The molecule has 0 radical (unpaired) electrons. The number of nitrogens with zero attached hydrogens (tertiary/aromatic N) is 2. The van der Waals surface area contributed by atoms with Crippen molar-refractivity contribution in [2.75, 3.05) is 5.75 Å². The van der Waals surface area contributed by atoms with Gasteiger partial charge in [0.15, 0.2) is 0 Å². The minimum atomic E-state index is -3.50. The molecular weight excluding hydrogens is 324 g/mol. The van der Waals surface area contributed by atoms with Crippen molar-refractivity contribution in [3.05, 3.63) is 30.1 Å². The maximum Gasteiger partial charge on any atom is 0.238 e. The minimum absolute atomic E-state index is 0.00309. The molecule has 1 aromatic rings. The molecule has 2 bridgehead atoms. The molecule has 5 nitrogen and oxygen atoms in total. The van der Waals surface area contributed by atoms with Crippen LogP contribution in [-0.2, 0) is 21.2 Å². The first-order chi connectivity index (χ1) is 11.3. The lowest BCUT2D eigenvalue weighted by atomic mass is 9.69. The van der Waals surface area contributed by atoms with E-state index in [1.54, 1.807) is 12.4 Å². The number of fused-ring (bicyclic) bond motifs is 1. The fourth-order valence-electron chi connectivity index (χ4n) is 5.52. The van der Waals surface area contributed by atoms with Gasteiger partial charge in [-0.15, -0.1) is 0 Å². The standard InChI is InChI=1S/C18H24N2O3S/c1-17(2)14-7-8-18(17)12-24(22,23)20(15(18)10-14)16(21)6-5-13-4-3-9-19-11-13/h3-4,9,11,14-15H,5-8,10,12H2,1-2H3/t14-,15-,18-/m1/s1. The SMILES string of the molecule is CC1(C)[C@@H]2CC[C@]13CS(=O)(=O)N(C(=O)CCc1cccnc1)[C@@H]3C2. The topological polar surface area (TPSA) is 67.3 Å². The Hall–Kier alpha value is -1.43. The van der Waals surface area contributed by atoms with Gasteiger partial charge in [-0.05, 0) is 48.6 Å². The van der Waals surface area contributed by atoms with Gasteiger partial charge in [-0.2, -0.15) is 0 Å². The van der Waals surface area contributed by atoms with E-state index in [0.717, 1.165) is 24.8 Å². The van der Waals surface area contributed by atoms with Gasteiger partial charge < -0.3 is 0 Å². The third-order valence-electron chi connectivity index (χ3n) is 7.01. The van der Waals surface area contributed by atoms with Gasteiger partial charge in [0.2, 0.25) is 15.9 Å². The summed E-state index contributed by atoms with van der Waals surface area (Å²) in [4.78, 5) is 16.8. The molecule has 2 heterocycles. The molecule has 1 aliphatic heterocycles. The summed E-state index contributed by atoms with van der Waals surface area (Å²) in [5.74, 6) is 0.433. The molecule has 3 aliphatic rings. The number of carbonyl (C=O) groups excluding carboxylic acids is 1. The van der Waals surface area contributed by atoms with Gasteiger partial charge in [0.25, 0.3) is 0 Å². The van der Waals surface area contributed by atoms with Gasteiger partial charge in [-0.3, -0.25) is 9.78 Å². The summed E-state index contributed by atoms with van der Waals surface area (Å²) >= 11 is 0. The van der Waals surface area contributed by atoms with Crippen LogP contribution in [0.5, 0.6) is 0 Å². The summed E-state index contributed by atoms with van der Waals surface area (Å²) in [6.07, 6.45) is 7.04. The molecule has 2 aliphatic carbocycles. The van der Waals surface area contributed by atoms with Crippen molar-refractivity contribution in [1.29, 1.82) is 0 Å². The van der Waals surface area contributed by atoms with Crippen LogP contribution < -0.4 is 0 Å². The summed E-state index contributed by atoms with van der Waals surface area (Å²) in [5.41, 5.74) is 0.731. The van der Waals surface area contributed by atoms with E-state index in [4.69, 9.17) is 0 Å². The van der Waals surface area contributed by atoms with Crippen LogP contribution in [-0.4, -0.2) is 35.4 Å². The van der Waals surface area contributed by atoms with Crippen molar-refractivity contribution in [2.45, 2.75) is 52.0 Å². The van der Waals surface area contributed by atoms with Crippen LogP contribution in [0, 0.1) is 16.7 Å². The molecule has 130 valence electrons. The van der Waals surface area contributed by atoms with Gasteiger partial charge in [-0.1, -0.05) is 19.9 Å². The molecule has 1 amide bonds. The highest BCUT2D eigenvalue weighted by Gasteiger charge is 2.72. The molecule has 24 heavy (non-hydrogen) atoms. The van der Waals surface area contributed by atoms with Crippen LogP contribution in [0.2, 0.25) is 0 Å². The van der Waals surface area contributed by atoms with E-state index in [0.29, 0.717) is 12.3 Å². The summed E-state index contributed by atoms with van der Waals surface area (Å²) in [5, 5.41) is 0. The molecule has 1 spiro atoms. The second-order valence-corrected chi connectivity index (χ2v) is 10.0. The molecule has 1 saturated heterocycles. The lowest BCUT2D eigenvalue weighted by molar-refractivity contribution is -0.129. The normalized spacial score (nSPS) is 35.2. The van der Waals surface area contributed by atoms with Gasteiger partial charge >= 0.3 is 0 Å². The molecule has 3 atom stereocenters. The molecule has 2 saturated carbocycles. The average molecular weight is 348 g/mol. The Morgan fingerprint density at radius 1 is 1.42 bits per heavy atom. The van der Waals surface area contributed by atoms with Crippen LogP contribution in [0.4, 0.5) is 0 Å². The van der Waals surface area contributed by atoms with E-state index >= 15 is 0 Å². The molecule has 0 N–H and O–H groups in total. The third-order valence-corrected chi connectivity index (χ3v) is 8.94. The average Bonchev–Trinajstić information content (AvgIpc) is 3.01. The molecular formula is C18H24N2O3S. The van der Waals surface area contributed by atoms with Gasteiger partial charge in [0, 0.05) is 24.2 Å². The van der Waals surface area contributed by atoms with Crippen molar-refractivity contribution in [1.82, 2.24) is 9.29 Å². The number of carbonyl (C=O) groups is 1. The van der Waals surface area contributed by atoms with Crippen molar-refractivity contribution in [3.63, 3.8) is 0 Å². The maximum absolute atomic E-state index is 12.8. The maximum atomic E-state index is 12.8. The van der Waals surface area contributed by atoms with Crippen molar-refractivity contribution in [3.8, 4) is 0 Å². The number of amides is 1. The summed E-state index contributed by atoms with van der Waals surface area (Å²) in [6.45, 7) is 4.40. The van der Waals surface area contributed by atoms with Crippen LogP contribution in [0.1, 0.15) is 45.1 Å². The second-order valence-electron chi connectivity index (χ2n) is 8.17. The molecule has 3 fully saturated rings. The quantitative estimate of drug-likeness (QED) is 0.841. The Morgan fingerprint density at radius 2 is 2.21 bits per heavy atom. The molecule has 6 heteroatoms. The van der Waals surface area contributed by atoms with Crippen molar-refractivity contribution < 1.29 is 13.2 Å². The summed E-state index contributed by atoms with van der Waals surface area (Å²) in [6, 6.07) is 3.62. The monoisotopic (exact) mass is 348 g/mol. The predicted octanol–water partition coefficient (Wildman–Crippen LogP) is 2.38. The van der Waals surface area contributed by atoms with E-state index in [1.165, 1.54) is 4.31 Å². The Kier molecular flexibility index (Phi) is 3.37. The highest BCUT2D eigenvalue weighted by Crippen LogP contribution is 2.69. The summed E-state index contributed by atoms with van der Waals surface area (Å²) < 4.78 is 26.9. The van der Waals surface area contributed by atoms with Crippen molar-refractivity contribution >= 4 is 15.9 Å². The Labute approximate surface area is 143 Å². The van der Waals surface area contributed by atoms with Gasteiger partial charge in [0.05, 0.1) is 11.8 Å². The molecule has 4 rings (SSSR count). The number of aryl methyl sites for hydroxylation is 1. The highest BCUT2D eigenvalue weighted by molar-refractivity contribution is 7.90. The van der Waals surface area contributed by atoms with Crippen LogP contribution in [0.15, 0.2) is 24.5 Å². The zero-order chi connectivity index (χ0) is 17.2. The Balaban J connectivity index is 1.58. The second kappa shape index (κ2) is 5.04. The summed E-state index contributed by atoms with van der Waals surface area (Å²) in [7, 11) is -3.50. The fourth-order valence-corrected chi connectivity index (χ4v) is 8.10. The molecule has 0 unspecified atom stereocenters. The number of hydrogen-bond acceptors (Lipinski definition) is 4. The van der Waals surface area contributed by atoms with E-state index < -0.39 is 10.0 Å². The first kappa shape index (κ1) is 16.1. The number of sulfonamides is 1. The highest BCUT2D eigenvalue weighted by atomic mass is 32.2. The lowest BCUT2D eigenvalue weighted by Crippen LogP contribution is -2.44. The van der Waals surface area contributed by atoms with E-state index in [2.05, 4.69) is 18.8 Å². The number of pyridine rings is 1. The first-order valence-corrected chi connectivity index (χ1v) is 10.3. The smallest absolute Gasteiger partial charge is 0.238 e. The molecule has 1 aromatic heterocycles. The van der Waals surface area contributed by atoms with Gasteiger partial charge in [-0.25, -0.2) is 12.7 Å².